The second kappa shape index (κ2) is 9.40. The lowest BCUT2D eigenvalue weighted by Crippen LogP contribution is -2.27. The molecule has 0 bridgehead atoms. The third kappa shape index (κ3) is 6.17. The number of nitrogens with one attached hydrogen (secondary N) is 1. The Hall–Kier alpha value is -1.55. The third-order valence-electron chi connectivity index (χ3n) is 3.90. The highest BCUT2D eigenvalue weighted by Crippen LogP contribution is 2.19. The van der Waals surface area contributed by atoms with Gasteiger partial charge in [0, 0.05) is 6.42 Å². The van der Waals surface area contributed by atoms with E-state index < -0.39 is 0 Å². The summed E-state index contributed by atoms with van der Waals surface area (Å²) in [6.45, 7) is 4.83. The summed E-state index contributed by atoms with van der Waals surface area (Å²) < 4.78 is 5.21. The Morgan fingerprint density at radius 3 is 2.76 bits per heavy atom. The summed E-state index contributed by atoms with van der Waals surface area (Å²) in [4.78, 5) is 12.0. The largest absolute Gasteiger partial charge is 0.497 e. The average Bonchev–Trinajstić information content (AvgIpc) is 2.51. The number of hydrogen-bond acceptors (Lipinski definition) is 3. The Labute approximate surface area is 128 Å². The predicted molar refractivity (Wildman–Crippen MR) is 86.2 cm³/mol. The molecular formula is C17H28N2O2. The van der Waals surface area contributed by atoms with E-state index in [0.29, 0.717) is 18.9 Å². The van der Waals surface area contributed by atoms with Crippen molar-refractivity contribution in [1.29, 1.82) is 0 Å². The van der Waals surface area contributed by atoms with Crippen LogP contribution in [0.1, 0.15) is 51.1 Å². The fourth-order valence-electron chi connectivity index (χ4n) is 2.43. The third-order valence-corrected chi connectivity index (χ3v) is 3.90. The Bertz CT molecular complexity index is 435. The molecule has 0 saturated carbocycles. The fraction of sp³-hybridized carbons (Fsp3) is 0.588. The summed E-state index contributed by atoms with van der Waals surface area (Å²) in [5.74, 6) is 1.45. The van der Waals surface area contributed by atoms with Gasteiger partial charge in [0.15, 0.2) is 0 Å². The van der Waals surface area contributed by atoms with Gasteiger partial charge in [-0.3, -0.25) is 4.79 Å². The number of benzene rings is 1. The second-order valence-electron chi connectivity index (χ2n) is 5.46. The number of carbonyl (C=O) groups is 1. The number of amides is 1. The topological polar surface area (TPSA) is 64.4 Å². The molecule has 0 aliphatic rings. The molecule has 0 aliphatic heterocycles. The van der Waals surface area contributed by atoms with E-state index in [0.717, 1.165) is 30.6 Å². The standard InChI is InChI=1S/C17H28N2O2/c1-4-14(10-11-18)8-9-17(20)19-13(2)15-6-5-7-16(12-15)21-3/h5-7,12-14H,4,8-11,18H2,1-3H3,(H,19,20)/t13-,14?/m0/s1. The lowest BCUT2D eigenvalue weighted by atomic mass is 9.96. The Morgan fingerprint density at radius 1 is 1.38 bits per heavy atom. The summed E-state index contributed by atoms with van der Waals surface area (Å²) >= 11 is 0. The Kier molecular flexibility index (Phi) is 7.83. The van der Waals surface area contributed by atoms with Crippen molar-refractivity contribution in [2.24, 2.45) is 11.7 Å². The first kappa shape index (κ1) is 17.5. The maximum atomic E-state index is 12.0. The van der Waals surface area contributed by atoms with Gasteiger partial charge in [-0.1, -0.05) is 25.5 Å². The van der Waals surface area contributed by atoms with Gasteiger partial charge in [-0.15, -0.1) is 0 Å². The molecule has 0 fully saturated rings. The molecule has 0 spiro atoms. The molecule has 4 heteroatoms. The summed E-state index contributed by atoms with van der Waals surface area (Å²) in [7, 11) is 1.64. The number of methoxy groups -OCH3 is 1. The van der Waals surface area contributed by atoms with Gasteiger partial charge in [-0.05, 0) is 49.9 Å². The van der Waals surface area contributed by atoms with Crippen LogP contribution in [-0.2, 0) is 4.79 Å². The van der Waals surface area contributed by atoms with Crippen molar-refractivity contribution < 1.29 is 9.53 Å². The maximum absolute atomic E-state index is 12.0. The van der Waals surface area contributed by atoms with Gasteiger partial charge in [0.25, 0.3) is 0 Å². The van der Waals surface area contributed by atoms with Crippen LogP contribution in [0.15, 0.2) is 24.3 Å². The van der Waals surface area contributed by atoms with Crippen molar-refractivity contribution in [3.8, 4) is 5.75 Å². The van der Waals surface area contributed by atoms with E-state index in [9.17, 15) is 4.79 Å². The molecular weight excluding hydrogens is 264 g/mol. The highest BCUT2D eigenvalue weighted by molar-refractivity contribution is 5.76. The lowest BCUT2D eigenvalue weighted by Gasteiger charge is -2.17. The summed E-state index contributed by atoms with van der Waals surface area (Å²) in [6, 6.07) is 7.77. The van der Waals surface area contributed by atoms with Crippen molar-refractivity contribution in [2.45, 2.75) is 45.6 Å². The van der Waals surface area contributed by atoms with Crippen LogP contribution in [0.4, 0.5) is 0 Å². The maximum Gasteiger partial charge on any atom is 0.220 e. The zero-order valence-electron chi connectivity index (χ0n) is 13.4. The Balaban J connectivity index is 2.46. The van der Waals surface area contributed by atoms with Gasteiger partial charge in [0.05, 0.1) is 13.2 Å². The molecule has 2 atom stereocenters. The van der Waals surface area contributed by atoms with E-state index in [1.165, 1.54) is 0 Å². The van der Waals surface area contributed by atoms with Gasteiger partial charge >= 0.3 is 0 Å². The first-order chi connectivity index (χ1) is 10.1. The van der Waals surface area contributed by atoms with Crippen LogP contribution >= 0.6 is 0 Å². The molecule has 0 aliphatic carbocycles. The minimum absolute atomic E-state index is 0.0119. The smallest absolute Gasteiger partial charge is 0.220 e. The zero-order valence-corrected chi connectivity index (χ0v) is 13.4. The van der Waals surface area contributed by atoms with Crippen molar-refractivity contribution in [3.05, 3.63) is 29.8 Å². The van der Waals surface area contributed by atoms with Gasteiger partial charge in [0.1, 0.15) is 5.75 Å². The van der Waals surface area contributed by atoms with Crippen molar-refractivity contribution in [1.82, 2.24) is 5.32 Å². The number of ether oxygens (including phenoxy) is 1. The second-order valence-corrected chi connectivity index (χ2v) is 5.46. The molecule has 0 radical (unpaired) electrons. The molecule has 21 heavy (non-hydrogen) atoms. The van der Waals surface area contributed by atoms with Crippen molar-refractivity contribution in [3.63, 3.8) is 0 Å². The van der Waals surface area contributed by atoms with Crippen LogP contribution in [0.3, 0.4) is 0 Å². The molecule has 1 unspecified atom stereocenters. The van der Waals surface area contributed by atoms with Crippen molar-refractivity contribution in [2.75, 3.05) is 13.7 Å². The van der Waals surface area contributed by atoms with Gasteiger partial charge in [0.2, 0.25) is 5.91 Å². The Morgan fingerprint density at radius 2 is 2.14 bits per heavy atom. The number of hydrogen-bond donors (Lipinski definition) is 2. The molecule has 0 saturated heterocycles. The van der Waals surface area contributed by atoms with Crippen LogP contribution in [0.2, 0.25) is 0 Å². The highest BCUT2D eigenvalue weighted by Gasteiger charge is 2.12. The summed E-state index contributed by atoms with van der Waals surface area (Å²) in [5.41, 5.74) is 6.64. The summed E-state index contributed by atoms with van der Waals surface area (Å²) in [5, 5.41) is 3.04. The minimum Gasteiger partial charge on any atom is -0.497 e. The molecule has 3 N–H and O–H groups in total. The van der Waals surface area contributed by atoms with Gasteiger partial charge < -0.3 is 15.8 Å². The number of rotatable bonds is 9. The van der Waals surface area contributed by atoms with Crippen LogP contribution in [-0.4, -0.2) is 19.6 Å². The van der Waals surface area contributed by atoms with Crippen molar-refractivity contribution >= 4 is 5.91 Å². The van der Waals surface area contributed by atoms with E-state index in [-0.39, 0.29) is 11.9 Å². The number of nitrogens with two attached hydrogens (primary N) is 1. The SMILES string of the molecule is CCC(CCN)CCC(=O)N[C@@H](C)c1cccc(OC)c1. The first-order valence-electron chi connectivity index (χ1n) is 7.74. The first-order valence-corrected chi connectivity index (χ1v) is 7.74. The van der Waals surface area contributed by atoms with Gasteiger partial charge in [-0.25, -0.2) is 0 Å². The predicted octanol–water partition coefficient (Wildman–Crippen LogP) is 3.03. The number of carbonyl (C=O) groups excluding carboxylic acids is 1. The molecule has 1 aromatic carbocycles. The minimum atomic E-state index is -0.0119. The van der Waals surface area contributed by atoms with E-state index in [1.807, 2.05) is 31.2 Å². The van der Waals surface area contributed by atoms with Crippen LogP contribution < -0.4 is 15.8 Å². The molecule has 4 nitrogen and oxygen atoms in total. The molecule has 0 heterocycles. The molecule has 1 amide bonds. The van der Waals surface area contributed by atoms with E-state index >= 15 is 0 Å². The average molecular weight is 292 g/mol. The van der Waals surface area contributed by atoms with Crippen LogP contribution in [0.5, 0.6) is 5.75 Å². The summed E-state index contributed by atoms with van der Waals surface area (Å²) in [6.07, 6.45) is 3.54. The molecule has 1 rings (SSSR count). The quantitative estimate of drug-likeness (QED) is 0.735. The zero-order chi connectivity index (χ0) is 15.7. The normalized spacial score (nSPS) is 13.5. The van der Waals surface area contributed by atoms with E-state index in [2.05, 4.69) is 12.2 Å². The van der Waals surface area contributed by atoms with Gasteiger partial charge in [-0.2, -0.15) is 0 Å². The molecule has 0 aromatic heterocycles. The highest BCUT2D eigenvalue weighted by atomic mass is 16.5. The van der Waals surface area contributed by atoms with E-state index in [1.54, 1.807) is 7.11 Å². The van der Waals surface area contributed by atoms with E-state index in [4.69, 9.17) is 10.5 Å². The fourth-order valence-corrected chi connectivity index (χ4v) is 2.43. The molecule has 1 aromatic rings. The van der Waals surface area contributed by atoms with Crippen LogP contribution in [0.25, 0.3) is 0 Å². The van der Waals surface area contributed by atoms with Crippen LogP contribution in [0, 0.1) is 5.92 Å². The monoisotopic (exact) mass is 292 g/mol. The lowest BCUT2D eigenvalue weighted by molar-refractivity contribution is -0.122. The molecule has 118 valence electrons.